The summed E-state index contributed by atoms with van der Waals surface area (Å²) in [6.07, 6.45) is 6.18. The van der Waals surface area contributed by atoms with Crippen LogP contribution < -0.4 is 24.4 Å². The first-order valence-corrected chi connectivity index (χ1v) is 13.8. The molecule has 0 spiro atoms. The van der Waals surface area contributed by atoms with Gasteiger partial charge in [0, 0.05) is 23.9 Å². The van der Waals surface area contributed by atoms with Crippen LogP contribution in [-0.4, -0.2) is 39.7 Å². The van der Waals surface area contributed by atoms with Gasteiger partial charge >= 0.3 is 0 Å². The summed E-state index contributed by atoms with van der Waals surface area (Å²) in [5.41, 5.74) is 3.17. The molecule has 0 aliphatic carbocycles. The quantitative estimate of drug-likeness (QED) is 0.266. The van der Waals surface area contributed by atoms with E-state index < -0.39 is 5.91 Å². The number of fused-ring (bicyclic) bond motifs is 3. The number of ether oxygens (including phenoxy) is 4. The Labute approximate surface area is 243 Å². The van der Waals surface area contributed by atoms with Crippen LogP contribution in [0.2, 0.25) is 0 Å². The number of para-hydroxylation sites is 1. The second-order valence-corrected chi connectivity index (χ2v) is 10.4. The zero-order valence-electron chi connectivity index (χ0n) is 22.2. The van der Waals surface area contributed by atoms with Crippen molar-refractivity contribution < 1.29 is 28.5 Å². The van der Waals surface area contributed by atoms with E-state index in [0.29, 0.717) is 33.8 Å². The van der Waals surface area contributed by atoms with E-state index in [0.717, 1.165) is 21.3 Å². The van der Waals surface area contributed by atoms with Gasteiger partial charge in [0.25, 0.3) is 11.8 Å². The summed E-state index contributed by atoms with van der Waals surface area (Å²) < 4.78 is 25.5. The maximum atomic E-state index is 13.6. The predicted molar refractivity (Wildman–Crippen MR) is 156 cm³/mol. The fraction of sp³-hybridized carbons (Fsp3) is 0.0968. The Balaban J connectivity index is 1.26. The van der Waals surface area contributed by atoms with Gasteiger partial charge in [0.1, 0.15) is 0 Å². The third-order valence-electron chi connectivity index (χ3n) is 6.62. The van der Waals surface area contributed by atoms with Crippen LogP contribution in [0, 0.1) is 6.92 Å². The van der Waals surface area contributed by atoms with E-state index in [1.54, 1.807) is 48.0 Å². The summed E-state index contributed by atoms with van der Waals surface area (Å²) >= 11 is 1.40. The van der Waals surface area contributed by atoms with E-state index in [1.807, 2.05) is 42.5 Å². The summed E-state index contributed by atoms with van der Waals surface area (Å²) in [7, 11) is 0. The van der Waals surface area contributed by atoms with Gasteiger partial charge in [-0.3, -0.25) is 9.59 Å². The number of rotatable bonds is 5. The third kappa shape index (κ3) is 4.86. The maximum absolute atomic E-state index is 13.6. The molecule has 4 heterocycles. The lowest BCUT2D eigenvalue weighted by molar-refractivity contribution is -0.113. The van der Waals surface area contributed by atoms with Crippen LogP contribution in [0.5, 0.6) is 23.0 Å². The number of aryl methyl sites for hydroxylation is 1. The molecule has 42 heavy (non-hydrogen) atoms. The van der Waals surface area contributed by atoms with Crippen molar-refractivity contribution in [2.24, 2.45) is 4.99 Å². The molecule has 0 saturated carbocycles. The highest BCUT2D eigenvalue weighted by Crippen LogP contribution is 2.34. The van der Waals surface area contributed by atoms with E-state index in [2.05, 4.69) is 4.99 Å². The minimum atomic E-state index is -0.497. The minimum absolute atomic E-state index is 0.170. The molecule has 10 nitrogen and oxygen atoms in total. The smallest absolute Gasteiger partial charge is 0.271 e. The molecule has 7 rings (SSSR count). The number of nitrogens with zero attached hydrogens (tertiary/aromatic N) is 4. The Morgan fingerprint density at radius 1 is 0.833 bits per heavy atom. The molecular formula is C31H22N4O6S. The average molecular weight is 579 g/mol. The molecule has 0 atom stereocenters. The fourth-order valence-corrected chi connectivity index (χ4v) is 5.61. The lowest BCUT2D eigenvalue weighted by Gasteiger charge is -2.08. The molecule has 0 bridgehead atoms. The number of hydrogen-bond acceptors (Lipinski definition) is 8. The van der Waals surface area contributed by atoms with Gasteiger partial charge in [-0.1, -0.05) is 35.6 Å². The number of amides is 1. The van der Waals surface area contributed by atoms with Crippen LogP contribution >= 0.6 is 11.3 Å². The average Bonchev–Trinajstić information content (AvgIpc) is 3.79. The molecule has 0 fully saturated rings. The monoisotopic (exact) mass is 578 g/mol. The maximum Gasteiger partial charge on any atom is 0.271 e. The first-order chi connectivity index (χ1) is 20.5. The van der Waals surface area contributed by atoms with Gasteiger partial charge < -0.3 is 18.9 Å². The molecule has 2 aliphatic rings. The van der Waals surface area contributed by atoms with Gasteiger partial charge in [-0.2, -0.15) is 4.99 Å². The Bertz CT molecular complexity index is 1980. The number of carbonyl (C=O) groups is 2. The summed E-state index contributed by atoms with van der Waals surface area (Å²) in [5.74, 6) is 1.73. The zero-order chi connectivity index (χ0) is 28.6. The lowest BCUT2D eigenvalue weighted by Crippen LogP contribution is -2.27. The molecule has 0 N–H and O–H groups in total. The number of hydrogen-bond donors (Lipinski definition) is 0. The van der Waals surface area contributed by atoms with Gasteiger partial charge in [-0.15, -0.1) is 0 Å². The van der Waals surface area contributed by atoms with Crippen molar-refractivity contribution in [3.05, 3.63) is 101 Å². The van der Waals surface area contributed by atoms with Gasteiger partial charge in [-0.25, -0.2) is 14.3 Å². The highest BCUT2D eigenvalue weighted by molar-refractivity contribution is 7.20. The second kappa shape index (κ2) is 10.5. The number of aromatic nitrogens is 3. The molecular weight excluding hydrogens is 556 g/mol. The van der Waals surface area contributed by atoms with E-state index >= 15 is 0 Å². The van der Waals surface area contributed by atoms with Crippen molar-refractivity contribution in [2.75, 3.05) is 13.6 Å². The predicted octanol–water partition coefficient (Wildman–Crippen LogP) is 5.15. The molecule has 208 valence electrons. The minimum Gasteiger partial charge on any atom is -0.454 e. The number of thiazole rings is 1. The summed E-state index contributed by atoms with van der Waals surface area (Å²) in [6, 6.07) is 20.2. The van der Waals surface area contributed by atoms with Crippen LogP contribution in [0.3, 0.4) is 0 Å². The molecule has 0 radical (unpaired) electrons. The van der Waals surface area contributed by atoms with Crippen molar-refractivity contribution in [3.63, 3.8) is 0 Å². The molecule has 0 saturated heterocycles. The van der Waals surface area contributed by atoms with Gasteiger partial charge in [0.05, 0.1) is 10.2 Å². The lowest BCUT2D eigenvalue weighted by atomic mass is 10.2. The van der Waals surface area contributed by atoms with Gasteiger partial charge in [0.2, 0.25) is 18.7 Å². The largest absolute Gasteiger partial charge is 0.454 e. The third-order valence-corrected chi connectivity index (χ3v) is 7.63. The van der Waals surface area contributed by atoms with Crippen LogP contribution in [0.25, 0.3) is 27.5 Å². The Kier molecular flexibility index (Phi) is 6.40. The molecule has 5 aromatic rings. The summed E-state index contributed by atoms with van der Waals surface area (Å²) in [5, 5.41) is 0.500. The van der Waals surface area contributed by atoms with Crippen LogP contribution in [-0.2, 0) is 4.79 Å². The fourth-order valence-electron chi connectivity index (χ4n) is 4.64. The van der Waals surface area contributed by atoms with Crippen LogP contribution in [0.4, 0.5) is 0 Å². The number of benzene rings is 3. The molecule has 2 aliphatic heterocycles. The molecule has 3 aromatic carbocycles. The Hall–Kier alpha value is -5.42. The topological polar surface area (TPSA) is 106 Å². The summed E-state index contributed by atoms with van der Waals surface area (Å²) in [6.45, 7) is 2.12. The SMILES string of the molecule is Cc1cc(=NC(=O)/C=C/c2ccc3c(c2)OCO3)n(-c2nc3ccccc3s2)n1C(=O)/C=C/c1ccc2c(c1)OCO2. The van der Waals surface area contributed by atoms with Crippen molar-refractivity contribution in [1.82, 2.24) is 14.3 Å². The van der Waals surface area contributed by atoms with Crippen molar-refractivity contribution in [3.8, 4) is 28.1 Å². The molecule has 11 heteroatoms. The molecule has 1 amide bonds. The highest BCUT2D eigenvalue weighted by Gasteiger charge is 2.18. The van der Waals surface area contributed by atoms with Crippen molar-refractivity contribution in [1.29, 1.82) is 0 Å². The molecule has 0 unspecified atom stereocenters. The van der Waals surface area contributed by atoms with Crippen molar-refractivity contribution >= 4 is 45.5 Å². The van der Waals surface area contributed by atoms with Gasteiger partial charge in [-0.05, 0) is 66.6 Å². The summed E-state index contributed by atoms with van der Waals surface area (Å²) in [4.78, 5) is 35.7. The Morgan fingerprint density at radius 3 is 2.17 bits per heavy atom. The first-order valence-electron chi connectivity index (χ1n) is 13.0. The normalized spacial score (nSPS) is 14.1. The van der Waals surface area contributed by atoms with Crippen molar-refractivity contribution in [2.45, 2.75) is 6.92 Å². The van der Waals surface area contributed by atoms with E-state index in [4.69, 9.17) is 23.9 Å². The zero-order valence-corrected chi connectivity index (χ0v) is 23.0. The molecule has 2 aromatic heterocycles. The van der Waals surface area contributed by atoms with E-state index in [1.165, 1.54) is 28.2 Å². The number of carbonyl (C=O) groups excluding carboxylic acids is 2. The van der Waals surface area contributed by atoms with Crippen LogP contribution in [0.15, 0.2) is 83.9 Å². The number of allylic oxidation sites excluding steroid dienone is 1. The van der Waals surface area contributed by atoms with E-state index in [-0.39, 0.29) is 25.0 Å². The first kappa shape index (κ1) is 25.5. The Morgan fingerprint density at radius 2 is 1.48 bits per heavy atom. The van der Waals surface area contributed by atoms with Gasteiger partial charge in [0.15, 0.2) is 28.5 Å². The highest BCUT2D eigenvalue weighted by atomic mass is 32.1. The van der Waals surface area contributed by atoms with E-state index in [9.17, 15) is 9.59 Å². The second-order valence-electron chi connectivity index (χ2n) is 9.41. The van der Waals surface area contributed by atoms with Crippen LogP contribution in [0.1, 0.15) is 21.6 Å². The standard InChI is InChI=1S/C31H22N4O6S/c1-19-14-28(33-29(36)12-8-20-6-10-23-25(15-20)40-17-38-23)35(31-32-22-4-2-3-5-27(22)42-31)34(19)30(37)13-9-21-7-11-24-26(16-21)41-18-39-24/h2-16H,17-18H2,1H3/b12-8+,13-9+,33-28?.